The predicted molar refractivity (Wildman–Crippen MR) is 63.7 cm³/mol. The van der Waals surface area contributed by atoms with Gasteiger partial charge in [-0.25, -0.2) is 4.39 Å². The van der Waals surface area contributed by atoms with E-state index < -0.39 is 0 Å². The molecule has 0 unspecified atom stereocenters. The lowest BCUT2D eigenvalue weighted by Gasteiger charge is -1.99. The van der Waals surface area contributed by atoms with E-state index in [0.29, 0.717) is 23.3 Å². The van der Waals surface area contributed by atoms with E-state index in [1.807, 2.05) is 0 Å². The average Bonchev–Trinajstić information content (AvgIpc) is 2.24. The summed E-state index contributed by atoms with van der Waals surface area (Å²) in [6, 6.07) is 0. The number of carbonyl (C=O) groups excluding carboxylic acids is 1. The quantitative estimate of drug-likeness (QED) is 0.589. The molecular weight excluding hydrogens is 211 g/mol. The third kappa shape index (κ3) is 4.04. The van der Waals surface area contributed by atoms with Crippen molar-refractivity contribution >= 4 is 17.5 Å². The second kappa shape index (κ2) is 5.91. The molecule has 0 fully saturated rings. The maximum atomic E-state index is 13.4. The van der Waals surface area contributed by atoms with Gasteiger partial charge in [-0.2, -0.15) is 11.8 Å². The van der Waals surface area contributed by atoms with E-state index in [0.717, 1.165) is 12.2 Å². The molecule has 82 valence electrons. The Morgan fingerprint density at radius 3 is 2.93 bits per heavy atom. The van der Waals surface area contributed by atoms with Crippen molar-refractivity contribution in [1.82, 2.24) is 0 Å². The Morgan fingerprint density at radius 1 is 1.47 bits per heavy atom. The van der Waals surface area contributed by atoms with Crippen LogP contribution in [0.1, 0.15) is 19.8 Å². The molecule has 1 rings (SSSR count). The Bertz CT molecular complexity index is 329. The van der Waals surface area contributed by atoms with Crippen molar-refractivity contribution in [3.63, 3.8) is 0 Å². The van der Waals surface area contributed by atoms with Crippen LogP contribution in [-0.4, -0.2) is 17.3 Å². The van der Waals surface area contributed by atoms with E-state index in [-0.39, 0.29) is 11.6 Å². The van der Waals surface area contributed by atoms with Crippen LogP contribution < -0.4 is 0 Å². The zero-order valence-electron chi connectivity index (χ0n) is 8.88. The molecule has 0 aromatic carbocycles. The van der Waals surface area contributed by atoms with Gasteiger partial charge in [-0.1, -0.05) is 18.7 Å². The first kappa shape index (κ1) is 12.2. The number of carbonyl (C=O) groups is 1. The maximum Gasteiger partial charge on any atom is 0.162 e. The van der Waals surface area contributed by atoms with Crippen molar-refractivity contribution in [2.75, 3.05) is 11.5 Å². The summed E-state index contributed by atoms with van der Waals surface area (Å²) in [7, 11) is 0. The van der Waals surface area contributed by atoms with Gasteiger partial charge >= 0.3 is 0 Å². The molecular formula is C12H15FOS. The number of halogens is 1. The summed E-state index contributed by atoms with van der Waals surface area (Å²) in [4.78, 5) is 11.5. The van der Waals surface area contributed by atoms with Crippen LogP contribution in [0.15, 0.2) is 35.7 Å². The zero-order valence-corrected chi connectivity index (χ0v) is 9.70. The van der Waals surface area contributed by atoms with Gasteiger partial charge in [0.1, 0.15) is 5.83 Å². The van der Waals surface area contributed by atoms with Crippen LogP contribution in [0.4, 0.5) is 4.39 Å². The van der Waals surface area contributed by atoms with Gasteiger partial charge in [0, 0.05) is 17.7 Å². The molecule has 0 atom stereocenters. The molecule has 0 saturated carbocycles. The highest BCUT2D eigenvalue weighted by Crippen LogP contribution is 2.18. The van der Waals surface area contributed by atoms with Crippen LogP contribution in [0.2, 0.25) is 0 Å². The molecule has 3 heteroatoms. The Balaban J connectivity index is 2.81. The summed E-state index contributed by atoms with van der Waals surface area (Å²) in [5, 5.41) is 0. The minimum atomic E-state index is -0.113. The third-order valence-electron chi connectivity index (χ3n) is 2.24. The first-order chi connectivity index (χ1) is 7.11. The molecule has 1 heterocycles. The second-order valence-electron chi connectivity index (χ2n) is 3.53. The smallest absolute Gasteiger partial charge is 0.162 e. The number of Topliss-reactive ketones (excluding diaryl/α,β-unsaturated/α-hetero) is 1. The first-order valence-electron chi connectivity index (χ1n) is 4.94. The van der Waals surface area contributed by atoms with Crippen molar-refractivity contribution < 1.29 is 9.18 Å². The van der Waals surface area contributed by atoms with Gasteiger partial charge in [0.2, 0.25) is 0 Å². The van der Waals surface area contributed by atoms with Crippen molar-refractivity contribution in [3.05, 3.63) is 35.7 Å². The minimum absolute atomic E-state index is 0.0574. The molecule has 0 bridgehead atoms. The summed E-state index contributed by atoms with van der Waals surface area (Å²) in [6.07, 6.45) is 4.54. The predicted octanol–water partition coefficient (Wildman–Crippen LogP) is 3.44. The molecule has 1 aliphatic heterocycles. The summed E-state index contributed by atoms with van der Waals surface area (Å²) in [5.74, 6) is 1.16. The van der Waals surface area contributed by atoms with Crippen LogP contribution in [0.3, 0.4) is 0 Å². The Hall–Kier alpha value is -0.830. The molecule has 1 nitrogen and oxygen atoms in total. The third-order valence-corrected chi connectivity index (χ3v) is 3.28. The number of hydrogen-bond donors (Lipinski definition) is 0. The Kier molecular flexibility index (Phi) is 4.82. The monoisotopic (exact) mass is 226 g/mol. The van der Waals surface area contributed by atoms with Crippen molar-refractivity contribution in [2.45, 2.75) is 19.8 Å². The molecule has 0 saturated heterocycles. The summed E-state index contributed by atoms with van der Waals surface area (Å²) in [6.45, 7) is 5.38. The van der Waals surface area contributed by atoms with E-state index >= 15 is 0 Å². The summed E-state index contributed by atoms with van der Waals surface area (Å²) in [5.41, 5.74) is 1.05. The fraction of sp³-hybridized carbons (Fsp3) is 0.417. The summed E-state index contributed by atoms with van der Waals surface area (Å²) < 4.78 is 13.4. The van der Waals surface area contributed by atoms with E-state index in [9.17, 15) is 9.18 Å². The standard InChI is InChI=1S/C12H15FOS/c1-9-5-6-10(2)12(14)4-3-7-15-8-11(9)13/h5-6H,2-4,7-8H2,1H3/b6-5-,11-9+. The molecule has 0 radical (unpaired) electrons. The van der Waals surface area contributed by atoms with Crippen molar-refractivity contribution in [1.29, 1.82) is 0 Å². The highest BCUT2D eigenvalue weighted by Gasteiger charge is 2.07. The molecule has 0 spiro atoms. The van der Waals surface area contributed by atoms with E-state index in [4.69, 9.17) is 0 Å². The number of hydrogen-bond acceptors (Lipinski definition) is 2. The first-order valence-corrected chi connectivity index (χ1v) is 6.10. The molecule has 15 heavy (non-hydrogen) atoms. The van der Waals surface area contributed by atoms with Gasteiger partial charge in [-0.3, -0.25) is 4.79 Å². The lowest BCUT2D eigenvalue weighted by Crippen LogP contribution is -1.99. The normalized spacial score (nSPS) is 27.3. The SMILES string of the molecule is C=C1/C=C\C(C)=C(\F)CSCCCC1=O. The number of rotatable bonds is 0. The van der Waals surface area contributed by atoms with E-state index in [2.05, 4.69) is 6.58 Å². The lowest BCUT2D eigenvalue weighted by atomic mass is 10.1. The van der Waals surface area contributed by atoms with Gasteiger partial charge in [0.25, 0.3) is 0 Å². The molecule has 0 aliphatic carbocycles. The van der Waals surface area contributed by atoms with Crippen LogP contribution in [0, 0.1) is 0 Å². The topological polar surface area (TPSA) is 17.1 Å². The van der Waals surface area contributed by atoms with Gasteiger partial charge in [0.05, 0.1) is 0 Å². The minimum Gasteiger partial charge on any atom is -0.294 e. The highest BCUT2D eigenvalue weighted by molar-refractivity contribution is 7.99. The second-order valence-corrected chi connectivity index (χ2v) is 4.63. The fourth-order valence-corrected chi connectivity index (χ4v) is 2.08. The summed E-state index contributed by atoms with van der Waals surface area (Å²) >= 11 is 1.53. The van der Waals surface area contributed by atoms with E-state index in [1.54, 1.807) is 19.1 Å². The molecule has 0 amide bonds. The maximum absolute atomic E-state index is 13.4. The van der Waals surface area contributed by atoms with Gasteiger partial charge in [-0.15, -0.1) is 0 Å². The van der Waals surface area contributed by atoms with Crippen LogP contribution >= 0.6 is 11.8 Å². The fourth-order valence-electron chi connectivity index (χ4n) is 1.18. The molecule has 0 aromatic heterocycles. The van der Waals surface area contributed by atoms with Gasteiger partial charge in [0.15, 0.2) is 5.78 Å². The number of thioether (sulfide) groups is 1. The van der Waals surface area contributed by atoms with Gasteiger partial charge in [-0.05, 0) is 24.7 Å². The Labute approximate surface area is 94.1 Å². The zero-order chi connectivity index (χ0) is 11.3. The highest BCUT2D eigenvalue weighted by atomic mass is 32.2. The number of allylic oxidation sites excluding steroid dienone is 4. The van der Waals surface area contributed by atoms with Crippen LogP contribution in [-0.2, 0) is 4.79 Å². The van der Waals surface area contributed by atoms with Gasteiger partial charge < -0.3 is 0 Å². The lowest BCUT2D eigenvalue weighted by molar-refractivity contribution is -0.115. The molecule has 0 aromatic rings. The van der Waals surface area contributed by atoms with Crippen molar-refractivity contribution in [2.24, 2.45) is 0 Å². The van der Waals surface area contributed by atoms with Crippen LogP contribution in [0.5, 0.6) is 0 Å². The van der Waals surface area contributed by atoms with Crippen LogP contribution in [0.25, 0.3) is 0 Å². The van der Waals surface area contributed by atoms with E-state index in [1.165, 1.54) is 11.8 Å². The largest absolute Gasteiger partial charge is 0.294 e. The molecule has 1 aliphatic rings. The number of ketones is 1. The molecule has 0 N–H and O–H groups in total. The Morgan fingerprint density at radius 2 is 2.20 bits per heavy atom. The van der Waals surface area contributed by atoms with Crippen molar-refractivity contribution in [3.8, 4) is 0 Å². The average molecular weight is 226 g/mol.